The van der Waals surface area contributed by atoms with Crippen LogP contribution in [0.4, 0.5) is 0 Å². The van der Waals surface area contributed by atoms with E-state index in [1.54, 1.807) is 19.1 Å². The first-order chi connectivity index (χ1) is 9.76. The molecule has 1 heterocycles. The Morgan fingerprint density at radius 3 is 2.67 bits per heavy atom. The molecule has 8 heteroatoms. The minimum absolute atomic E-state index is 0.0725. The van der Waals surface area contributed by atoms with Gasteiger partial charge < -0.3 is 5.73 Å². The molecule has 1 fully saturated rings. The molecule has 118 valence electrons. The Morgan fingerprint density at radius 2 is 2.10 bits per heavy atom. The normalized spacial score (nSPS) is 21.5. The highest BCUT2D eigenvalue weighted by atomic mass is 32.2. The predicted molar refractivity (Wildman–Crippen MR) is 81.1 cm³/mol. The lowest BCUT2D eigenvalue weighted by Gasteiger charge is -2.13. The first-order valence-electron chi connectivity index (χ1n) is 6.77. The Morgan fingerprint density at radius 1 is 1.38 bits per heavy atom. The van der Waals surface area contributed by atoms with Gasteiger partial charge in [-0.25, -0.2) is 21.6 Å². The molecule has 6 nitrogen and oxygen atoms in total. The van der Waals surface area contributed by atoms with Gasteiger partial charge in [-0.15, -0.1) is 0 Å². The van der Waals surface area contributed by atoms with Gasteiger partial charge in [0.15, 0.2) is 9.84 Å². The SMILES string of the molecule is Cc1ccc(CN)cc1S(=O)(=O)NCC1CCCS1(=O)=O. The molecule has 1 atom stereocenters. The van der Waals surface area contributed by atoms with Gasteiger partial charge in [-0.1, -0.05) is 12.1 Å². The second kappa shape index (κ2) is 6.04. The lowest BCUT2D eigenvalue weighted by molar-refractivity contribution is 0.570. The van der Waals surface area contributed by atoms with E-state index in [9.17, 15) is 16.8 Å². The lowest BCUT2D eigenvalue weighted by Crippen LogP contribution is -2.35. The molecule has 0 spiro atoms. The molecule has 1 aromatic carbocycles. The van der Waals surface area contributed by atoms with Crippen LogP contribution in [-0.4, -0.2) is 34.4 Å². The van der Waals surface area contributed by atoms with E-state index >= 15 is 0 Å². The van der Waals surface area contributed by atoms with Crippen molar-refractivity contribution in [1.29, 1.82) is 0 Å². The summed E-state index contributed by atoms with van der Waals surface area (Å²) in [6, 6.07) is 5.00. The highest BCUT2D eigenvalue weighted by Gasteiger charge is 2.32. The van der Waals surface area contributed by atoms with Gasteiger partial charge in [0, 0.05) is 13.1 Å². The minimum Gasteiger partial charge on any atom is -0.326 e. The average Bonchev–Trinajstić information content (AvgIpc) is 2.76. The summed E-state index contributed by atoms with van der Waals surface area (Å²) in [5, 5.41) is -0.620. The molecule has 0 aliphatic carbocycles. The van der Waals surface area contributed by atoms with Crippen LogP contribution >= 0.6 is 0 Å². The molecule has 1 aliphatic rings. The summed E-state index contributed by atoms with van der Waals surface area (Å²) < 4.78 is 50.6. The van der Waals surface area contributed by atoms with E-state index in [2.05, 4.69) is 4.72 Å². The second-order valence-corrected chi connectivity index (χ2v) is 9.42. The lowest BCUT2D eigenvalue weighted by atomic mass is 10.1. The van der Waals surface area contributed by atoms with Crippen molar-refractivity contribution in [3.8, 4) is 0 Å². The predicted octanol–water partition coefficient (Wildman–Crippen LogP) is 0.309. The fraction of sp³-hybridized carbons (Fsp3) is 0.538. The molecule has 0 radical (unpaired) electrons. The zero-order chi connectivity index (χ0) is 15.7. The van der Waals surface area contributed by atoms with Crippen molar-refractivity contribution in [2.75, 3.05) is 12.3 Å². The summed E-state index contributed by atoms with van der Waals surface area (Å²) >= 11 is 0. The fourth-order valence-electron chi connectivity index (χ4n) is 2.43. The fourth-order valence-corrected chi connectivity index (χ4v) is 5.67. The highest BCUT2D eigenvalue weighted by molar-refractivity contribution is 7.92. The van der Waals surface area contributed by atoms with E-state index < -0.39 is 25.1 Å². The zero-order valence-corrected chi connectivity index (χ0v) is 13.5. The van der Waals surface area contributed by atoms with Crippen LogP contribution in [0.2, 0.25) is 0 Å². The Kier molecular flexibility index (Phi) is 4.72. The zero-order valence-electron chi connectivity index (χ0n) is 11.9. The maximum atomic E-state index is 12.3. The standard InChI is InChI=1S/C13H20N2O4S2/c1-10-4-5-11(8-14)7-13(10)21(18,19)15-9-12-3-2-6-20(12,16)17/h4-5,7,12,15H,2-3,6,8-9,14H2,1H3. The topological polar surface area (TPSA) is 106 Å². The average molecular weight is 332 g/mol. The van der Waals surface area contributed by atoms with Crippen LogP contribution in [0.15, 0.2) is 23.1 Å². The molecule has 3 N–H and O–H groups in total. The van der Waals surface area contributed by atoms with Crippen molar-refractivity contribution in [2.45, 2.75) is 36.5 Å². The van der Waals surface area contributed by atoms with Crippen LogP contribution in [0.5, 0.6) is 0 Å². The Balaban J connectivity index is 2.19. The molecule has 0 aromatic heterocycles. The van der Waals surface area contributed by atoms with Crippen LogP contribution in [0.25, 0.3) is 0 Å². The van der Waals surface area contributed by atoms with Gasteiger partial charge in [0.05, 0.1) is 15.9 Å². The van der Waals surface area contributed by atoms with Gasteiger partial charge in [-0.3, -0.25) is 0 Å². The van der Waals surface area contributed by atoms with Crippen molar-refractivity contribution < 1.29 is 16.8 Å². The summed E-state index contributed by atoms with van der Waals surface area (Å²) in [6.07, 6.45) is 1.10. The number of hydrogen-bond donors (Lipinski definition) is 2. The van der Waals surface area contributed by atoms with Gasteiger partial charge in [0.25, 0.3) is 0 Å². The van der Waals surface area contributed by atoms with Crippen molar-refractivity contribution in [3.05, 3.63) is 29.3 Å². The quantitative estimate of drug-likeness (QED) is 0.807. The monoisotopic (exact) mass is 332 g/mol. The van der Waals surface area contributed by atoms with Crippen molar-refractivity contribution in [2.24, 2.45) is 5.73 Å². The molecule has 0 bridgehead atoms. The van der Waals surface area contributed by atoms with Crippen molar-refractivity contribution in [1.82, 2.24) is 4.72 Å². The maximum Gasteiger partial charge on any atom is 0.240 e. The van der Waals surface area contributed by atoms with E-state index in [-0.39, 0.29) is 23.7 Å². The number of benzene rings is 1. The first kappa shape index (κ1) is 16.4. The van der Waals surface area contributed by atoms with E-state index in [4.69, 9.17) is 5.73 Å². The molecule has 1 saturated heterocycles. The van der Waals surface area contributed by atoms with Crippen LogP contribution in [0.1, 0.15) is 24.0 Å². The van der Waals surface area contributed by atoms with E-state index in [1.807, 2.05) is 0 Å². The van der Waals surface area contributed by atoms with Gasteiger partial charge in [-0.2, -0.15) is 0 Å². The van der Waals surface area contributed by atoms with E-state index in [1.165, 1.54) is 6.07 Å². The van der Waals surface area contributed by atoms with Gasteiger partial charge in [0.1, 0.15) is 0 Å². The summed E-state index contributed by atoms with van der Waals surface area (Å²) in [5.41, 5.74) is 6.85. The summed E-state index contributed by atoms with van der Waals surface area (Å²) in [6.45, 7) is 1.87. The third kappa shape index (κ3) is 3.63. The molecule has 1 unspecified atom stereocenters. The molecule has 2 rings (SSSR count). The van der Waals surface area contributed by atoms with Crippen LogP contribution < -0.4 is 10.5 Å². The van der Waals surface area contributed by atoms with Crippen LogP contribution in [-0.2, 0) is 26.4 Å². The van der Waals surface area contributed by atoms with E-state index in [0.717, 1.165) is 5.56 Å². The summed E-state index contributed by atoms with van der Waals surface area (Å²) in [5.74, 6) is 0.140. The van der Waals surface area contributed by atoms with Crippen LogP contribution in [0, 0.1) is 6.92 Å². The number of aryl methyl sites for hydroxylation is 1. The Bertz CT molecular complexity index is 727. The largest absolute Gasteiger partial charge is 0.326 e. The first-order valence-corrected chi connectivity index (χ1v) is 9.97. The summed E-state index contributed by atoms with van der Waals surface area (Å²) in [7, 11) is -6.89. The van der Waals surface area contributed by atoms with Gasteiger partial charge >= 0.3 is 0 Å². The minimum atomic E-state index is -3.73. The highest BCUT2D eigenvalue weighted by Crippen LogP contribution is 2.21. The molecule has 0 amide bonds. The number of rotatable bonds is 5. The second-order valence-electron chi connectivity index (χ2n) is 5.29. The number of sulfone groups is 1. The number of hydrogen-bond acceptors (Lipinski definition) is 5. The van der Waals surface area contributed by atoms with Gasteiger partial charge in [0.2, 0.25) is 10.0 Å². The maximum absolute atomic E-state index is 12.3. The van der Waals surface area contributed by atoms with Crippen LogP contribution in [0.3, 0.4) is 0 Å². The summed E-state index contributed by atoms with van der Waals surface area (Å²) in [4.78, 5) is 0.154. The third-order valence-corrected chi connectivity index (χ3v) is 7.58. The number of sulfonamides is 1. The van der Waals surface area contributed by atoms with Crippen molar-refractivity contribution in [3.63, 3.8) is 0 Å². The molecular formula is C13H20N2O4S2. The van der Waals surface area contributed by atoms with Crippen molar-refractivity contribution >= 4 is 19.9 Å². The Labute approximate surface area is 125 Å². The molecule has 1 aromatic rings. The molecule has 21 heavy (non-hydrogen) atoms. The number of nitrogens with one attached hydrogen (secondary N) is 1. The Hall–Kier alpha value is -0.960. The van der Waals surface area contributed by atoms with E-state index in [0.29, 0.717) is 18.4 Å². The molecule has 0 saturated carbocycles. The molecular weight excluding hydrogens is 312 g/mol. The smallest absolute Gasteiger partial charge is 0.240 e. The van der Waals surface area contributed by atoms with Gasteiger partial charge in [-0.05, 0) is 37.0 Å². The molecule has 1 aliphatic heterocycles. The number of nitrogens with two attached hydrogens (primary N) is 1. The third-order valence-electron chi connectivity index (χ3n) is 3.74.